The minimum absolute atomic E-state index is 0.0622. The Kier molecular flexibility index (Phi) is 14.3. The third kappa shape index (κ3) is 11.4. The molecule has 0 fully saturated rings. The lowest BCUT2D eigenvalue weighted by molar-refractivity contribution is 0.000719. The molecule has 0 heterocycles. The Morgan fingerprint density at radius 2 is 1.37 bits per heavy atom. The average molecular weight is 443 g/mol. The summed E-state index contributed by atoms with van der Waals surface area (Å²) in [4.78, 5) is 0.0622. The number of unbranched alkanes of at least 4 members (excludes halogenated alkanes) is 9. The van der Waals surface area contributed by atoms with E-state index >= 15 is 0 Å². The summed E-state index contributed by atoms with van der Waals surface area (Å²) in [5, 5.41) is 20.6. The number of rotatable bonds is 18. The van der Waals surface area contributed by atoms with Gasteiger partial charge in [0.2, 0.25) is 0 Å². The van der Waals surface area contributed by atoms with E-state index in [0.717, 1.165) is 19.3 Å². The van der Waals surface area contributed by atoms with Gasteiger partial charge in [0.05, 0.1) is 17.1 Å². The van der Waals surface area contributed by atoms with E-state index in [1.54, 1.807) is 18.2 Å². The van der Waals surface area contributed by atoms with E-state index in [1.165, 1.54) is 57.1 Å². The topological polar surface area (TPSA) is 83.8 Å². The molecule has 30 heavy (non-hydrogen) atoms. The van der Waals surface area contributed by atoms with Gasteiger partial charge in [0.1, 0.15) is 6.10 Å². The smallest absolute Gasteiger partial charge is 0.297 e. The zero-order chi connectivity index (χ0) is 22.2. The maximum absolute atomic E-state index is 12.5. The average Bonchev–Trinajstić information content (AvgIpc) is 2.74. The summed E-state index contributed by atoms with van der Waals surface area (Å²) < 4.78 is 30.5. The molecule has 6 heteroatoms. The summed E-state index contributed by atoms with van der Waals surface area (Å²) in [6, 6.07) is 7.94. The Labute approximate surface area is 184 Å². The van der Waals surface area contributed by atoms with Gasteiger partial charge in [-0.3, -0.25) is 4.18 Å². The lowest BCUT2D eigenvalue weighted by Crippen LogP contribution is -2.34. The zero-order valence-corrected chi connectivity index (χ0v) is 19.7. The zero-order valence-electron chi connectivity index (χ0n) is 18.8. The minimum atomic E-state index is -3.98. The van der Waals surface area contributed by atoms with E-state index in [1.807, 2.05) is 6.92 Å². The summed E-state index contributed by atoms with van der Waals surface area (Å²) in [6.07, 6.45) is 10.5. The van der Waals surface area contributed by atoms with Crippen LogP contribution in [0.2, 0.25) is 0 Å². The van der Waals surface area contributed by atoms with Crippen LogP contribution in [0.4, 0.5) is 0 Å². The molecular weight excluding hydrogens is 400 g/mol. The molecule has 1 aromatic carbocycles. The fourth-order valence-electron chi connectivity index (χ4n) is 3.53. The number of hydrogen-bond donors (Lipinski definition) is 2. The second-order valence-corrected chi connectivity index (χ2v) is 9.81. The van der Waals surface area contributed by atoms with Gasteiger partial charge in [-0.2, -0.15) is 8.42 Å². The Bertz CT molecular complexity index is 632. The van der Waals surface area contributed by atoms with Crippen molar-refractivity contribution in [2.24, 2.45) is 0 Å². The van der Waals surface area contributed by atoms with Crippen molar-refractivity contribution in [1.29, 1.82) is 0 Å². The predicted molar refractivity (Wildman–Crippen MR) is 122 cm³/mol. The second-order valence-electron chi connectivity index (χ2n) is 8.24. The van der Waals surface area contributed by atoms with E-state index in [2.05, 4.69) is 6.92 Å². The lowest BCUT2D eigenvalue weighted by Gasteiger charge is -2.24. The van der Waals surface area contributed by atoms with Crippen molar-refractivity contribution in [3.63, 3.8) is 0 Å². The van der Waals surface area contributed by atoms with Crippen LogP contribution in [-0.4, -0.2) is 36.9 Å². The molecule has 0 aliphatic rings. The number of aliphatic hydroxyl groups excluding tert-OH is 2. The van der Waals surface area contributed by atoms with Gasteiger partial charge in [-0.1, -0.05) is 96.3 Å². The molecule has 5 nitrogen and oxygen atoms in total. The highest BCUT2D eigenvalue weighted by Gasteiger charge is 2.29. The monoisotopic (exact) mass is 442 g/mol. The van der Waals surface area contributed by atoms with Crippen LogP contribution in [0.15, 0.2) is 35.2 Å². The first-order valence-electron chi connectivity index (χ1n) is 11.7. The molecule has 1 aromatic rings. The van der Waals surface area contributed by atoms with Gasteiger partial charge >= 0.3 is 0 Å². The van der Waals surface area contributed by atoms with Crippen molar-refractivity contribution in [1.82, 2.24) is 0 Å². The highest BCUT2D eigenvalue weighted by molar-refractivity contribution is 7.86. The molecule has 3 unspecified atom stereocenters. The summed E-state index contributed by atoms with van der Waals surface area (Å²) >= 11 is 0. The number of aliphatic hydroxyl groups is 2. The van der Waals surface area contributed by atoms with E-state index in [-0.39, 0.29) is 11.3 Å². The Morgan fingerprint density at radius 1 is 0.833 bits per heavy atom. The summed E-state index contributed by atoms with van der Waals surface area (Å²) in [7, 11) is -3.98. The van der Waals surface area contributed by atoms with Crippen molar-refractivity contribution in [2.45, 2.75) is 121 Å². The fourth-order valence-corrected chi connectivity index (χ4v) is 4.66. The normalized spacial score (nSPS) is 15.1. The second kappa shape index (κ2) is 15.8. The molecule has 0 aliphatic carbocycles. The first-order chi connectivity index (χ1) is 14.4. The quantitative estimate of drug-likeness (QED) is 0.229. The van der Waals surface area contributed by atoms with Crippen molar-refractivity contribution in [2.75, 3.05) is 0 Å². The van der Waals surface area contributed by atoms with Gasteiger partial charge in [-0.15, -0.1) is 0 Å². The van der Waals surface area contributed by atoms with Crippen LogP contribution in [-0.2, 0) is 14.3 Å². The molecule has 2 N–H and O–H groups in total. The first kappa shape index (κ1) is 27.1. The van der Waals surface area contributed by atoms with E-state index in [4.69, 9.17) is 4.18 Å². The van der Waals surface area contributed by atoms with Gasteiger partial charge in [0, 0.05) is 6.42 Å². The maximum Gasteiger partial charge on any atom is 0.297 e. The molecule has 0 aromatic heterocycles. The third-order valence-corrected chi connectivity index (χ3v) is 6.89. The highest BCUT2D eigenvalue weighted by atomic mass is 32.2. The minimum Gasteiger partial charge on any atom is -0.393 e. The number of hydrogen-bond acceptors (Lipinski definition) is 5. The molecule has 0 amide bonds. The molecule has 174 valence electrons. The molecule has 0 spiro atoms. The highest BCUT2D eigenvalue weighted by Crippen LogP contribution is 2.22. The van der Waals surface area contributed by atoms with Gasteiger partial charge in [0.15, 0.2) is 0 Å². The molecule has 0 aliphatic heterocycles. The predicted octanol–water partition coefficient (Wildman–Crippen LogP) is 5.59. The van der Waals surface area contributed by atoms with Gasteiger partial charge in [-0.25, -0.2) is 0 Å². The summed E-state index contributed by atoms with van der Waals surface area (Å²) in [5.41, 5.74) is 0. The van der Waals surface area contributed by atoms with Crippen LogP contribution in [0.5, 0.6) is 0 Å². The van der Waals surface area contributed by atoms with Crippen molar-refractivity contribution in [3.8, 4) is 0 Å². The Hall–Kier alpha value is -0.950. The Balaban J connectivity index is 2.43. The van der Waals surface area contributed by atoms with E-state index < -0.39 is 28.4 Å². The largest absolute Gasteiger partial charge is 0.393 e. The first-order valence-corrected chi connectivity index (χ1v) is 13.2. The molecule has 0 saturated heterocycles. The van der Waals surface area contributed by atoms with Gasteiger partial charge in [0.25, 0.3) is 10.1 Å². The van der Waals surface area contributed by atoms with Crippen molar-refractivity contribution < 1.29 is 22.8 Å². The van der Waals surface area contributed by atoms with Crippen LogP contribution in [0, 0.1) is 0 Å². The standard InChI is InChI=1S/C24H42O5S/c1-3-5-6-7-8-9-10-11-12-16-19-23(26)24(20-21(25)4-2)29-30(27,28)22-17-14-13-15-18-22/h13-15,17-18,21,23-26H,3-12,16,19-20H2,1-2H3. The van der Waals surface area contributed by atoms with Gasteiger partial charge < -0.3 is 10.2 Å². The third-order valence-electron chi connectivity index (χ3n) is 5.54. The molecule has 0 saturated carbocycles. The maximum atomic E-state index is 12.5. The van der Waals surface area contributed by atoms with Crippen molar-refractivity contribution >= 4 is 10.1 Å². The molecule has 3 atom stereocenters. The molecule has 0 bridgehead atoms. The van der Waals surface area contributed by atoms with E-state index in [0.29, 0.717) is 12.8 Å². The van der Waals surface area contributed by atoms with Crippen LogP contribution in [0.3, 0.4) is 0 Å². The Morgan fingerprint density at radius 3 is 1.90 bits per heavy atom. The van der Waals surface area contributed by atoms with E-state index in [9.17, 15) is 18.6 Å². The molecular formula is C24H42O5S. The van der Waals surface area contributed by atoms with Crippen LogP contribution in [0.25, 0.3) is 0 Å². The summed E-state index contributed by atoms with van der Waals surface area (Å²) in [6.45, 7) is 4.05. The number of benzene rings is 1. The van der Waals surface area contributed by atoms with Crippen molar-refractivity contribution in [3.05, 3.63) is 30.3 Å². The molecule has 1 rings (SSSR count). The molecule has 0 radical (unpaired) electrons. The SMILES string of the molecule is CCCCCCCCCCCCC(O)C(CC(O)CC)OS(=O)(=O)c1ccccc1. The lowest BCUT2D eigenvalue weighted by atomic mass is 9.99. The van der Waals surface area contributed by atoms with Gasteiger partial charge in [-0.05, 0) is 25.0 Å². The van der Waals surface area contributed by atoms with Crippen LogP contribution >= 0.6 is 0 Å². The van der Waals surface area contributed by atoms with Crippen LogP contribution in [0.1, 0.15) is 97.3 Å². The van der Waals surface area contributed by atoms with Crippen LogP contribution < -0.4 is 0 Å². The fraction of sp³-hybridized carbons (Fsp3) is 0.750. The summed E-state index contributed by atoms with van der Waals surface area (Å²) in [5.74, 6) is 0.